The summed E-state index contributed by atoms with van der Waals surface area (Å²) in [6.07, 6.45) is 1.46. The number of fused-ring (bicyclic) bond motifs is 2. The first-order valence-corrected chi connectivity index (χ1v) is 10.7. The second-order valence-corrected chi connectivity index (χ2v) is 10.0. The molecule has 27 heavy (non-hydrogen) atoms. The lowest BCUT2D eigenvalue weighted by molar-refractivity contribution is -0.135. The highest BCUT2D eigenvalue weighted by Crippen LogP contribution is 2.41. The van der Waals surface area contributed by atoms with Gasteiger partial charge in [0.2, 0.25) is 5.91 Å². The first-order chi connectivity index (χ1) is 12.6. The van der Waals surface area contributed by atoms with Gasteiger partial charge in [0, 0.05) is 0 Å². The van der Waals surface area contributed by atoms with Gasteiger partial charge in [0.25, 0.3) is 5.91 Å². The monoisotopic (exact) mass is 391 g/mol. The lowest BCUT2D eigenvalue weighted by Crippen LogP contribution is -2.51. The van der Waals surface area contributed by atoms with E-state index in [2.05, 4.69) is 10.6 Å². The molecule has 2 heterocycles. The number of aryl methyl sites for hydroxylation is 1. The summed E-state index contributed by atoms with van der Waals surface area (Å²) in [5.74, 6) is -1.09. The summed E-state index contributed by atoms with van der Waals surface area (Å²) in [6.45, 7) is 1.24. The quantitative estimate of drug-likeness (QED) is 0.708. The van der Waals surface area contributed by atoms with E-state index >= 15 is 0 Å². The van der Waals surface area contributed by atoms with Crippen LogP contribution in [-0.2, 0) is 31.4 Å². The normalized spacial score (nSPS) is 31.2. The number of imide groups is 1. The van der Waals surface area contributed by atoms with Crippen molar-refractivity contribution in [1.82, 2.24) is 15.5 Å². The van der Waals surface area contributed by atoms with Crippen molar-refractivity contribution in [1.29, 1.82) is 0 Å². The SMILES string of the molecule is CC1(NC(=O)CN2C(=O)NC3(CCc4ccccc43)C2=O)CCS(=O)(=O)C1. The maximum Gasteiger partial charge on any atom is 0.325 e. The molecule has 0 aromatic heterocycles. The molecule has 2 atom stereocenters. The maximum atomic E-state index is 13.0. The summed E-state index contributed by atoms with van der Waals surface area (Å²) in [4.78, 5) is 38.8. The lowest BCUT2D eigenvalue weighted by Gasteiger charge is -2.25. The summed E-state index contributed by atoms with van der Waals surface area (Å²) in [5.41, 5.74) is -0.178. The fourth-order valence-corrected chi connectivity index (χ4v) is 6.46. The van der Waals surface area contributed by atoms with Gasteiger partial charge in [-0.3, -0.25) is 14.5 Å². The fraction of sp³-hybridized carbons (Fsp3) is 0.500. The topological polar surface area (TPSA) is 113 Å². The Kier molecular flexibility index (Phi) is 3.85. The zero-order valence-electron chi connectivity index (χ0n) is 14.9. The predicted octanol–water partition coefficient (Wildman–Crippen LogP) is 0.0733. The molecule has 0 radical (unpaired) electrons. The third-order valence-corrected chi connectivity index (χ3v) is 7.57. The van der Waals surface area contributed by atoms with Crippen LogP contribution >= 0.6 is 0 Å². The van der Waals surface area contributed by atoms with Crippen molar-refractivity contribution in [2.24, 2.45) is 0 Å². The Morgan fingerprint density at radius 1 is 1.26 bits per heavy atom. The lowest BCUT2D eigenvalue weighted by atomic mass is 9.92. The van der Waals surface area contributed by atoms with Gasteiger partial charge in [-0.25, -0.2) is 13.2 Å². The van der Waals surface area contributed by atoms with Crippen molar-refractivity contribution >= 4 is 27.7 Å². The third kappa shape index (κ3) is 2.90. The van der Waals surface area contributed by atoms with Crippen molar-refractivity contribution in [3.05, 3.63) is 35.4 Å². The van der Waals surface area contributed by atoms with E-state index in [0.29, 0.717) is 19.3 Å². The third-order valence-electron chi connectivity index (χ3n) is 5.67. The molecular weight excluding hydrogens is 370 g/mol. The van der Waals surface area contributed by atoms with Gasteiger partial charge >= 0.3 is 6.03 Å². The van der Waals surface area contributed by atoms with E-state index in [-0.39, 0.29) is 11.5 Å². The van der Waals surface area contributed by atoms with Gasteiger partial charge in [-0.2, -0.15) is 0 Å². The molecule has 4 rings (SSSR count). The summed E-state index contributed by atoms with van der Waals surface area (Å²) in [5, 5.41) is 5.45. The Balaban J connectivity index is 1.50. The highest BCUT2D eigenvalue weighted by Gasteiger charge is 2.55. The number of sulfone groups is 1. The molecule has 3 aliphatic rings. The summed E-state index contributed by atoms with van der Waals surface area (Å²) >= 11 is 0. The van der Waals surface area contributed by atoms with E-state index in [1.54, 1.807) is 6.92 Å². The minimum atomic E-state index is -3.17. The van der Waals surface area contributed by atoms with Crippen molar-refractivity contribution in [2.75, 3.05) is 18.1 Å². The summed E-state index contributed by atoms with van der Waals surface area (Å²) in [7, 11) is -3.17. The van der Waals surface area contributed by atoms with Gasteiger partial charge in [0.05, 0.1) is 17.0 Å². The largest absolute Gasteiger partial charge is 0.348 e. The fourth-order valence-electron chi connectivity index (χ4n) is 4.36. The Labute approximate surface area is 157 Å². The van der Waals surface area contributed by atoms with Crippen LogP contribution in [0.3, 0.4) is 0 Å². The highest BCUT2D eigenvalue weighted by molar-refractivity contribution is 7.91. The number of hydrogen-bond acceptors (Lipinski definition) is 5. The van der Waals surface area contributed by atoms with Gasteiger partial charge in [-0.05, 0) is 37.3 Å². The van der Waals surface area contributed by atoms with E-state index in [1.807, 2.05) is 24.3 Å². The average molecular weight is 391 g/mol. The Hall–Kier alpha value is -2.42. The first-order valence-electron chi connectivity index (χ1n) is 8.88. The molecule has 1 aromatic carbocycles. The van der Waals surface area contributed by atoms with E-state index in [0.717, 1.165) is 16.0 Å². The minimum Gasteiger partial charge on any atom is -0.348 e. The zero-order valence-corrected chi connectivity index (χ0v) is 15.8. The van der Waals surface area contributed by atoms with Crippen LogP contribution in [-0.4, -0.2) is 54.8 Å². The Morgan fingerprint density at radius 2 is 2.00 bits per heavy atom. The molecule has 0 bridgehead atoms. The number of carbonyl (C=O) groups is 3. The van der Waals surface area contributed by atoms with Gasteiger partial charge in [0.1, 0.15) is 12.1 Å². The van der Waals surface area contributed by atoms with Crippen LogP contribution in [0.2, 0.25) is 0 Å². The van der Waals surface area contributed by atoms with E-state index < -0.39 is 45.3 Å². The number of nitrogens with zero attached hydrogens (tertiary/aromatic N) is 1. The van der Waals surface area contributed by atoms with Gasteiger partial charge in [0.15, 0.2) is 9.84 Å². The van der Waals surface area contributed by atoms with Crippen LogP contribution in [0, 0.1) is 0 Å². The number of amides is 4. The van der Waals surface area contributed by atoms with Crippen LogP contribution < -0.4 is 10.6 Å². The first kappa shape index (κ1) is 18.0. The number of urea groups is 1. The van der Waals surface area contributed by atoms with E-state index in [1.165, 1.54) is 0 Å². The number of carbonyl (C=O) groups excluding carboxylic acids is 3. The number of nitrogens with one attached hydrogen (secondary N) is 2. The molecule has 1 aliphatic carbocycles. The number of benzene rings is 1. The molecule has 1 aromatic rings. The average Bonchev–Trinajstić information content (AvgIpc) is 3.17. The molecule has 2 saturated heterocycles. The molecule has 2 unspecified atom stereocenters. The predicted molar refractivity (Wildman–Crippen MR) is 96.5 cm³/mol. The second-order valence-electron chi connectivity index (χ2n) is 7.83. The van der Waals surface area contributed by atoms with Gasteiger partial charge < -0.3 is 10.6 Å². The molecule has 144 valence electrons. The highest BCUT2D eigenvalue weighted by atomic mass is 32.2. The van der Waals surface area contributed by atoms with E-state index in [9.17, 15) is 22.8 Å². The molecule has 8 nitrogen and oxygen atoms in total. The number of rotatable bonds is 3. The second kappa shape index (κ2) is 5.79. The van der Waals surface area contributed by atoms with Gasteiger partial charge in [-0.1, -0.05) is 24.3 Å². The van der Waals surface area contributed by atoms with Crippen LogP contribution in [0.5, 0.6) is 0 Å². The van der Waals surface area contributed by atoms with Crippen LogP contribution in [0.1, 0.15) is 30.9 Å². The van der Waals surface area contributed by atoms with E-state index in [4.69, 9.17) is 0 Å². The zero-order chi connectivity index (χ0) is 19.4. The molecular formula is C18H21N3O5S. The smallest absolute Gasteiger partial charge is 0.325 e. The maximum absolute atomic E-state index is 13.0. The van der Waals surface area contributed by atoms with Crippen molar-refractivity contribution in [3.8, 4) is 0 Å². The molecule has 4 amide bonds. The van der Waals surface area contributed by atoms with Crippen molar-refractivity contribution < 1.29 is 22.8 Å². The minimum absolute atomic E-state index is 0.0206. The summed E-state index contributed by atoms with van der Waals surface area (Å²) < 4.78 is 23.4. The molecule has 2 N–H and O–H groups in total. The Morgan fingerprint density at radius 3 is 2.70 bits per heavy atom. The van der Waals surface area contributed by atoms with Crippen LogP contribution in [0.15, 0.2) is 24.3 Å². The molecule has 2 aliphatic heterocycles. The van der Waals surface area contributed by atoms with Crippen molar-refractivity contribution in [3.63, 3.8) is 0 Å². The van der Waals surface area contributed by atoms with Crippen molar-refractivity contribution in [2.45, 2.75) is 37.3 Å². The number of hydrogen-bond donors (Lipinski definition) is 2. The standard InChI is InChI=1S/C18H21N3O5S/c1-17(8-9-27(25,26)11-17)19-14(22)10-21-15(23)18(20-16(21)24)7-6-12-4-2-3-5-13(12)18/h2-5H,6-11H2,1H3,(H,19,22)(H,20,24). The summed E-state index contributed by atoms with van der Waals surface area (Å²) in [6, 6.07) is 6.87. The molecule has 0 saturated carbocycles. The molecule has 1 spiro atoms. The van der Waals surface area contributed by atoms with Crippen LogP contribution in [0.4, 0.5) is 4.79 Å². The van der Waals surface area contributed by atoms with Gasteiger partial charge in [-0.15, -0.1) is 0 Å². The molecule has 9 heteroatoms. The van der Waals surface area contributed by atoms with Crippen LogP contribution in [0.25, 0.3) is 0 Å². The Bertz CT molecular complexity index is 959. The molecule has 2 fully saturated rings.